The molecule has 0 saturated carbocycles. The third-order valence-electron chi connectivity index (χ3n) is 4.27. The minimum Gasteiger partial charge on any atom is -0.339 e. The van der Waals surface area contributed by atoms with Gasteiger partial charge in [-0.3, -0.25) is 0 Å². The van der Waals surface area contributed by atoms with Crippen molar-refractivity contribution in [1.82, 2.24) is 15.2 Å². The number of hydrogen-bond donors (Lipinski definition) is 1. The van der Waals surface area contributed by atoms with E-state index in [4.69, 9.17) is 0 Å². The van der Waals surface area contributed by atoms with Gasteiger partial charge in [-0.15, -0.1) is 5.10 Å². The van der Waals surface area contributed by atoms with E-state index in [1.54, 1.807) is 6.20 Å². The lowest BCUT2D eigenvalue weighted by atomic mass is 10.00. The molecule has 5 heteroatoms. The molecule has 1 saturated heterocycles. The molecule has 0 unspecified atom stereocenters. The van der Waals surface area contributed by atoms with Crippen LogP contribution >= 0.6 is 0 Å². The number of aryl methyl sites for hydroxylation is 2. The molecule has 0 atom stereocenters. The van der Waals surface area contributed by atoms with E-state index in [0.29, 0.717) is 0 Å². The van der Waals surface area contributed by atoms with Gasteiger partial charge in [0, 0.05) is 18.8 Å². The number of benzene rings is 1. The fraction of sp³-hybridized carbons (Fsp3) is 0.471. The molecule has 5 nitrogen and oxygen atoms in total. The number of aromatic nitrogens is 3. The molecule has 2 aromatic rings. The number of nitrogens with zero attached hydrogens (tertiary/aromatic N) is 4. The van der Waals surface area contributed by atoms with Crippen molar-refractivity contribution in [2.75, 3.05) is 23.3 Å². The molecule has 0 radical (unpaired) electrons. The summed E-state index contributed by atoms with van der Waals surface area (Å²) in [6.45, 7) is 8.49. The lowest BCUT2D eigenvalue weighted by molar-refractivity contribution is 0.433. The van der Waals surface area contributed by atoms with Crippen LogP contribution in [0.2, 0.25) is 0 Å². The van der Waals surface area contributed by atoms with E-state index in [-0.39, 0.29) is 0 Å². The Hall–Kier alpha value is -2.17. The Balaban J connectivity index is 1.78. The molecule has 1 aromatic heterocycles. The van der Waals surface area contributed by atoms with Crippen molar-refractivity contribution in [2.45, 2.75) is 33.6 Å². The first kappa shape index (κ1) is 14.8. The van der Waals surface area contributed by atoms with Crippen LogP contribution in [0.25, 0.3) is 0 Å². The average Bonchev–Trinajstić information content (AvgIpc) is 2.52. The van der Waals surface area contributed by atoms with Crippen LogP contribution in [0.4, 0.5) is 17.5 Å². The SMILES string of the molecule is Cc1ccc(C)c(Nc2cnnc(N3CCC(C)CC3)n2)c1. The van der Waals surface area contributed by atoms with Crippen molar-refractivity contribution < 1.29 is 0 Å². The molecular weight excluding hydrogens is 274 g/mol. The molecule has 1 N–H and O–H groups in total. The number of hydrogen-bond acceptors (Lipinski definition) is 5. The molecule has 1 fully saturated rings. The highest BCUT2D eigenvalue weighted by atomic mass is 15.3. The summed E-state index contributed by atoms with van der Waals surface area (Å²) in [7, 11) is 0. The van der Waals surface area contributed by atoms with Gasteiger partial charge < -0.3 is 10.2 Å². The monoisotopic (exact) mass is 297 g/mol. The Morgan fingerprint density at radius 1 is 1.18 bits per heavy atom. The standard InChI is InChI=1S/C17H23N5/c1-12-6-8-22(9-7-12)17-20-16(11-18-21-17)19-15-10-13(2)4-5-14(15)3/h4-5,10-12H,6-9H2,1-3H3,(H,19,20,21). The highest BCUT2D eigenvalue weighted by Crippen LogP contribution is 2.23. The van der Waals surface area contributed by atoms with Crippen LogP contribution in [0.15, 0.2) is 24.4 Å². The molecule has 1 aliphatic rings. The fourth-order valence-electron chi connectivity index (χ4n) is 2.71. The van der Waals surface area contributed by atoms with Gasteiger partial charge in [0.2, 0.25) is 5.95 Å². The van der Waals surface area contributed by atoms with Crippen molar-refractivity contribution in [1.29, 1.82) is 0 Å². The molecule has 116 valence electrons. The third-order valence-corrected chi connectivity index (χ3v) is 4.27. The van der Waals surface area contributed by atoms with Crippen LogP contribution in [-0.4, -0.2) is 28.3 Å². The second kappa shape index (κ2) is 6.30. The summed E-state index contributed by atoms with van der Waals surface area (Å²) in [5.74, 6) is 2.26. The quantitative estimate of drug-likeness (QED) is 0.940. The van der Waals surface area contributed by atoms with Crippen LogP contribution in [0, 0.1) is 19.8 Å². The molecule has 22 heavy (non-hydrogen) atoms. The lowest BCUT2D eigenvalue weighted by Gasteiger charge is -2.29. The minimum atomic E-state index is 0.724. The zero-order chi connectivity index (χ0) is 15.5. The van der Waals surface area contributed by atoms with Gasteiger partial charge in [0.25, 0.3) is 0 Å². The van der Waals surface area contributed by atoms with E-state index in [1.165, 1.54) is 24.0 Å². The highest BCUT2D eigenvalue weighted by Gasteiger charge is 2.18. The first-order chi connectivity index (χ1) is 10.6. The van der Waals surface area contributed by atoms with Gasteiger partial charge >= 0.3 is 0 Å². The smallest absolute Gasteiger partial charge is 0.247 e. The predicted octanol–water partition coefficient (Wildman–Crippen LogP) is 3.47. The highest BCUT2D eigenvalue weighted by molar-refractivity contribution is 5.61. The van der Waals surface area contributed by atoms with E-state index in [9.17, 15) is 0 Å². The largest absolute Gasteiger partial charge is 0.339 e. The zero-order valence-corrected chi connectivity index (χ0v) is 13.5. The zero-order valence-electron chi connectivity index (χ0n) is 13.5. The Morgan fingerprint density at radius 2 is 1.95 bits per heavy atom. The maximum absolute atomic E-state index is 4.63. The van der Waals surface area contributed by atoms with Gasteiger partial charge in [-0.25, -0.2) is 0 Å². The second-order valence-corrected chi connectivity index (χ2v) is 6.25. The summed E-state index contributed by atoms with van der Waals surface area (Å²) >= 11 is 0. The predicted molar refractivity (Wildman–Crippen MR) is 89.6 cm³/mol. The Kier molecular flexibility index (Phi) is 4.22. The van der Waals surface area contributed by atoms with Crippen LogP contribution in [-0.2, 0) is 0 Å². The van der Waals surface area contributed by atoms with Crippen molar-refractivity contribution >= 4 is 17.5 Å². The fourth-order valence-corrected chi connectivity index (χ4v) is 2.71. The summed E-state index contributed by atoms with van der Waals surface area (Å²) in [5.41, 5.74) is 3.48. The number of piperidine rings is 1. The molecular formula is C17H23N5. The van der Waals surface area contributed by atoms with Crippen LogP contribution in [0.1, 0.15) is 30.9 Å². The molecule has 0 bridgehead atoms. The maximum Gasteiger partial charge on any atom is 0.247 e. The summed E-state index contributed by atoms with van der Waals surface area (Å²) < 4.78 is 0. The molecule has 3 rings (SSSR count). The van der Waals surface area contributed by atoms with Gasteiger partial charge in [-0.1, -0.05) is 19.1 Å². The van der Waals surface area contributed by atoms with E-state index in [0.717, 1.165) is 36.5 Å². The van der Waals surface area contributed by atoms with Crippen molar-refractivity contribution in [3.8, 4) is 0 Å². The number of nitrogens with one attached hydrogen (secondary N) is 1. The Labute approximate surface area is 131 Å². The summed E-state index contributed by atoms with van der Waals surface area (Å²) in [5, 5.41) is 11.7. The first-order valence-electron chi connectivity index (χ1n) is 7.91. The van der Waals surface area contributed by atoms with Gasteiger partial charge in [-0.05, 0) is 49.8 Å². The maximum atomic E-state index is 4.63. The average molecular weight is 297 g/mol. The van der Waals surface area contributed by atoms with E-state index in [1.807, 2.05) is 0 Å². The Morgan fingerprint density at radius 3 is 2.73 bits per heavy atom. The summed E-state index contributed by atoms with van der Waals surface area (Å²) in [6, 6.07) is 6.35. The van der Waals surface area contributed by atoms with Gasteiger partial charge in [0.15, 0.2) is 5.82 Å². The first-order valence-corrected chi connectivity index (χ1v) is 7.91. The molecule has 1 aromatic carbocycles. The molecule has 2 heterocycles. The van der Waals surface area contributed by atoms with Crippen LogP contribution < -0.4 is 10.2 Å². The molecule has 1 aliphatic heterocycles. The molecule has 0 amide bonds. The number of rotatable bonds is 3. The minimum absolute atomic E-state index is 0.724. The topological polar surface area (TPSA) is 53.9 Å². The van der Waals surface area contributed by atoms with Crippen LogP contribution in [0.5, 0.6) is 0 Å². The van der Waals surface area contributed by atoms with Crippen molar-refractivity contribution in [3.05, 3.63) is 35.5 Å². The lowest BCUT2D eigenvalue weighted by Crippen LogP contribution is -2.34. The van der Waals surface area contributed by atoms with E-state index < -0.39 is 0 Å². The third kappa shape index (κ3) is 3.35. The van der Waals surface area contributed by atoms with Gasteiger partial charge in [-0.2, -0.15) is 10.1 Å². The van der Waals surface area contributed by atoms with Crippen molar-refractivity contribution in [2.24, 2.45) is 5.92 Å². The number of anilines is 3. The van der Waals surface area contributed by atoms with Gasteiger partial charge in [0.1, 0.15) is 0 Å². The summed E-state index contributed by atoms with van der Waals surface area (Å²) in [6.07, 6.45) is 4.06. The van der Waals surface area contributed by atoms with Gasteiger partial charge in [0.05, 0.1) is 6.20 Å². The normalized spacial score (nSPS) is 15.9. The molecule has 0 aliphatic carbocycles. The Bertz CT molecular complexity index is 647. The van der Waals surface area contributed by atoms with E-state index in [2.05, 4.69) is 64.4 Å². The van der Waals surface area contributed by atoms with Crippen LogP contribution in [0.3, 0.4) is 0 Å². The summed E-state index contributed by atoms with van der Waals surface area (Å²) in [4.78, 5) is 6.85. The van der Waals surface area contributed by atoms with E-state index >= 15 is 0 Å². The second-order valence-electron chi connectivity index (χ2n) is 6.25. The molecule has 0 spiro atoms. The van der Waals surface area contributed by atoms with Crippen molar-refractivity contribution in [3.63, 3.8) is 0 Å².